The molecule has 0 spiro atoms. The Morgan fingerprint density at radius 3 is 2.92 bits per heavy atom. The Morgan fingerprint density at radius 2 is 2.31 bits per heavy atom. The van der Waals surface area contributed by atoms with Crippen LogP contribution in [0.25, 0.3) is 0 Å². The van der Waals surface area contributed by atoms with Crippen molar-refractivity contribution in [2.24, 2.45) is 0 Å². The average Bonchev–Trinajstić information content (AvgIpc) is 2.12. The molecular weight excluding hydrogens is 232 g/mol. The van der Waals surface area contributed by atoms with Crippen LogP contribution < -0.4 is 5.56 Å². The van der Waals surface area contributed by atoms with Crippen LogP contribution in [-0.4, -0.2) is 4.57 Å². The smallest absolute Gasteiger partial charge is 0.250 e. The van der Waals surface area contributed by atoms with Crippen LogP contribution >= 0.6 is 15.9 Å². The number of rotatable bonds is 2. The third kappa shape index (κ3) is 2.19. The molecule has 0 unspecified atom stereocenters. The summed E-state index contributed by atoms with van der Waals surface area (Å²) in [6.45, 7) is 2.31. The fourth-order valence-electron chi connectivity index (χ4n) is 1.09. The minimum Gasteiger partial charge on any atom is -0.311 e. The number of hydrogen-bond acceptors (Lipinski definition) is 2. The predicted molar refractivity (Wildman–Crippen MR) is 53.4 cm³/mol. The third-order valence-electron chi connectivity index (χ3n) is 1.84. The fraction of sp³-hybridized carbons (Fsp3) is 0.333. The molecule has 1 aromatic rings. The summed E-state index contributed by atoms with van der Waals surface area (Å²) in [6.07, 6.45) is 0.358. The highest BCUT2D eigenvalue weighted by Gasteiger charge is 2.02. The zero-order chi connectivity index (χ0) is 9.84. The summed E-state index contributed by atoms with van der Waals surface area (Å²) in [4.78, 5) is 11.3. The van der Waals surface area contributed by atoms with Crippen molar-refractivity contribution in [3.8, 4) is 6.07 Å². The van der Waals surface area contributed by atoms with Crippen molar-refractivity contribution in [3.05, 3.63) is 32.7 Å². The molecule has 0 aliphatic rings. The molecule has 1 aromatic heterocycles. The number of nitriles is 1. The second-order valence-corrected chi connectivity index (χ2v) is 3.52. The van der Waals surface area contributed by atoms with Crippen LogP contribution in [0, 0.1) is 18.3 Å². The molecular formula is C9H9BrN2O. The molecule has 0 aromatic carbocycles. The molecule has 1 rings (SSSR count). The number of nitrogens with zero attached hydrogens (tertiary/aromatic N) is 2. The molecule has 3 nitrogen and oxygen atoms in total. The summed E-state index contributed by atoms with van der Waals surface area (Å²) >= 11 is 3.33. The molecule has 4 heteroatoms. The maximum absolute atomic E-state index is 11.3. The van der Waals surface area contributed by atoms with Crippen molar-refractivity contribution >= 4 is 15.9 Å². The van der Waals surface area contributed by atoms with Gasteiger partial charge in [0.05, 0.1) is 12.5 Å². The molecule has 68 valence electrons. The van der Waals surface area contributed by atoms with E-state index in [1.807, 2.05) is 13.0 Å². The lowest BCUT2D eigenvalue weighted by Gasteiger charge is -2.08. The van der Waals surface area contributed by atoms with E-state index < -0.39 is 0 Å². The Kier molecular flexibility index (Phi) is 3.26. The molecule has 0 aliphatic carbocycles. The first kappa shape index (κ1) is 10.0. The van der Waals surface area contributed by atoms with Gasteiger partial charge in [0.1, 0.15) is 0 Å². The standard InChI is InChI=1S/C9H9BrN2O/c1-7-8(10)3-4-9(13)12(7)6-2-5-11/h3-4H,2,6H2,1H3. The molecule has 0 radical (unpaired) electrons. The zero-order valence-corrected chi connectivity index (χ0v) is 8.84. The van der Waals surface area contributed by atoms with Crippen molar-refractivity contribution in [2.75, 3.05) is 0 Å². The lowest BCUT2D eigenvalue weighted by molar-refractivity contribution is 0.661. The SMILES string of the molecule is Cc1c(Br)ccc(=O)n1CCC#N. The molecule has 0 saturated carbocycles. The van der Waals surface area contributed by atoms with Crippen LogP contribution in [0.4, 0.5) is 0 Å². The van der Waals surface area contributed by atoms with Crippen LogP contribution in [0.1, 0.15) is 12.1 Å². The number of hydrogen-bond donors (Lipinski definition) is 0. The van der Waals surface area contributed by atoms with Gasteiger partial charge in [0.2, 0.25) is 0 Å². The molecule has 0 saturated heterocycles. The van der Waals surface area contributed by atoms with Gasteiger partial charge in [-0.15, -0.1) is 0 Å². The highest BCUT2D eigenvalue weighted by atomic mass is 79.9. The summed E-state index contributed by atoms with van der Waals surface area (Å²) in [7, 11) is 0. The summed E-state index contributed by atoms with van der Waals surface area (Å²) in [5.41, 5.74) is 0.804. The van der Waals surface area contributed by atoms with Crippen LogP contribution in [0.15, 0.2) is 21.4 Å². The minimum absolute atomic E-state index is 0.0593. The highest BCUT2D eigenvalue weighted by Crippen LogP contribution is 2.12. The molecule has 0 bridgehead atoms. The number of pyridine rings is 1. The molecule has 0 fully saturated rings. The average molecular weight is 241 g/mol. The van der Waals surface area contributed by atoms with Gasteiger partial charge in [0.25, 0.3) is 5.56 Å². The number of halogens is 1. The summed E-state index contributed by atoms with van der Waals surface area (Å²) in [5.74, 6) is 0. The molecule has 13 heavy (non-hydrogen) atoms. The Hall–Kier alpha value is -1.08. The molecule has 0 aliphatic heterocycles. The first-order valence-electron chi connectivity index (χ1n) is 3.89. The lowest BCUT2D eigenvalue weighted by Crippen LogP contribution is -2.21. The van der Waals surface area contributed by atoms with E-state index in [1.54, 1.807) is 10.6 Å². The van der Waals surface area contributed by atoms with Crippen LogP contribution in [-0.2, 0) is 6.54 Å². The van der Waals surface area contributed by atoms with Gasteiger partial charge in [-0.1, -0.05) is 0 Å². The summed E-state index contributed by atoms with van der Waals surface area (Å²) in [5, 5.41) is 8.40. The van der Waals surface area contributed by atoms with Gasteiger partial charge in [0.15, 0.2) is 0 Å². The van der Waals surface area contributed by atoms with Crippen LogP contribution in [0.5, 0.6) is 0 Å². The van der Waals surface area contributed by atoms with Gasteiger partial charge in [-0.2, -0.15) is 5.26 Å². The maximum atomic E-state index is 11.3. The van der Waals surface area contributed by atoms with Crippen molar-refractivity contribution in [1.29, 1.82) is 5.26 Å². The van der Waals surface area contributed by atoms with E-state index in [1.165, 1.54) is 6.07 Å². The van der Waals surface area contributed by atoms with E-state index in [-0.39, 0.29) is 5.56 Å². The molecule has 0 amide bonds. The fourth-order valence-corrected chi connectivity index (χ4v) is 1.44. The first-order chi connectivity index (χ1) is 6.16. The molecule has 1 heterocycles. The first-order valence-corrected chi connectivity index (χ1v) is 4.69. The van der Waals surface area contributed by atoms with E-state index in [0.29, 0.717) is 13.0 Å². The third-order valence-corrected chi connectivity index (χ3v) is 2.67. The zero-order valence-electron chi connectivity index (χ0n) is 7.25. The summed E-state index contributed by atoms with van der Waals surface area (Å²) in [6, 6.07) is 5.23. The van der Waals surface area contributed by atoms with Gasteiger partial charge in [0, 0.05) is 22.8 Å². The lowest BCUT2D eigenvalue weighted by atomic mass is 10.3. The van der Waals surface area contributed by atoms with Gasteiger partial charge >= 0.3 is 0 Å². The Morgan fingerprint density at radius 1 is 1.62 bits per heavy atom. The van der Waals surface area contributed by atoms with Crippen molar-refractivity contribution < 1.29 is 0 Å². The minimum atomic E-state index is -0.0593. The van der Waals surface area contributed by atoms with Gasteiger partial charge in [-0.3, -0.25) is 4.79 Å². The van der Waals surface area contributed by atoms with Gasteiger partial charge in [-0.25, -0.2) is 0 Å². The Bertz CT molecular complexity index is 403. The monoisotopic (exact) mass is 240 g/mol. The quantitative estimate of drug-likeness (QED) is 0.792. The van der Waals surface area contributed by atoms with Crippen LogP contribution in [0.3, 0.4) is 0 Å². The molecule has 0 atom stereocenters. The van der Waals surface area contributed by atoms with Crippen molar-refractivity contribution in [3.63, 3.8) is 0 Å². The predicted octanol–water partition coefficient (Wildman–Crippen LogP) is 1.83. The van der Waals surface area contributed by atoms with E-state index in [9.17, 15) is 4.79 Å². The molecule has 0 N–H and O–H groups in total. The second-order valence-electron chi connectivity index (χ2n) is 2.66. The van der Waals surface area contributed by atoms with Crippen LogP contribution in [0.2, 0.25) is 0 Å². The van der Waals surface area contributed by atoms with Gasteiger partial charge in [-0.05, 0) is 28.9 Å². The maximum Gasteiger partial charge on any atom is 0.250 e. The normalized spacial score (nSPS) is 9.62. The van der Waals surface area contributed by atoms with Gasteiger partial charge < -0.3 is 4.57 Å². The van der Waals surface area contributed by atoms with E-state index in [0.717, 1.165) is 10.2 Å². The highest BCUT2D eigenvalue weighted by molar-refractivity contribution is 9.10. The Balaban J connectivity index is 3.12. The van der Waals surface area contributed by atoms with E-state index in [4.69, 9.17) is 5.26 Å². The van der Waals surface area contributed by atoms with Crippen molar-refractivity contribution in [1.82, 2.24) is 4.57 Å². The van der Waals surface area contributed by atoms with E-state index in [2.05, 4.69) is 15.9 Å². The topological polar surface area (TPSA) is 45.8 Å². The Labute approximate surface area is 84.7 Å². The van der Waals surface area contributed by atoms with E-state index >= 15 is 0 Å². The second kappa shape index (κ2) is 4.24. The largest absolute Gasteiger partial charge is 0.311 e. The summed E-state index contributed by atoms with van der Waals surface area (Å²) < 4.78 is 2.48. The van der Waals surface area contributed by atoms with Crippen molar-refractivity contribution in [2.45, 2.75) is 19.9 Å². The number of aromatic nitrogens is 1.